The van der Waals surface area contributed by atoms with Crippen LogP contribution in [0.3, 0.4) is 0 Å². The Morgan fingerprint density at radius 3 is 2.44 bits per heavy atom. The Labute approximate surface area is 225 Å². The van der Waals surface area contributed by atoms with Gasteiger partial charge in [-0.05, 0) is 36.0 Å². The molecule has 7 N–H and O–H groups in total. The second-order valence-corrected chi connectivity index (χ2v) is 10.6. The van der Waals surface area contributed by atoms with E-state index in [4.69, 9.17) is 5.73 Å². The lowest BCUT2D eigenvalue weighted by atomic mass is 9.59. The van der Waals surface area contributed by atoms with E-state index in [9.17, 15) is 34.8 Å². The molecule has 1 saturated carbocycles. The molecule has 2 aromatic rings. The lowest BCUT2D eigenvalue weighted by Gasteiger charge is -2.46. The first kappa shape index (κ1) is 26.5. The van der Waals surface area contributed by atoms with Crippen molar-refractivity contribution in [1.29, 1.82) is 0 Å². The van der Waals surface area contributed by atoms with Gasteiger partial charge in [-0.25, -0.2) is 0 Å². The second-order valence-electron chi connectivity index (χ2n) is 10.6. The SMILES string of the molecule is CN(C)c1cc(CNCc2ccccc2)c(O)c2c1C[C@H]1CC3CC(=O)C(C(N)=O)=C(O)C3(O)C(=O)C1=C2O. The van der Waals surface area contributed by atoms with E-state index in [0.29, 0.717) is 17.7 Å². The van der Waals surface area contributed by atoms with Crippen LogP contribution in [-0.4, -0.2) is 57.6 Å². The summed E-state index contributed by atoms with van der Waals surface area (Å²) in [5.74, 6) is -6.33. The van der Waals surface area contributed by atoms with Crippen molar-refractivity contribution < 1.29 is 34.8 Å². The fourth-order valence-electron chi connectivity index (χ4n) is 6.19. The summed E-state index contributed by atoms with van der Waals surface area (Å²) in [4.78, 5) is 39.9. The quantitative estimate of drug-likeness (QED) is 0.303. The standard InChI is InChI=1S/C29H31N3O7/c1-32(2)19-10-16(13-31-12-14-6-4-3-5-7-14)24(34)22-18(19)9-15-8-17-11-20(33)23(28(30)38)27(37)29(17,39)26(36)21(15)25(22)35/h3-7,10,15,17,31,34-35,37,39H,8-9,11-13H2,1-2H3,(H2,30,38)/t15-,17?,29?/m1/s1. The number of aliphatic hydroxyl groups is 3. The molecule has 39 heavy (non-hydrogen) atoms. The number of Topliss-reactive ketones (excluding diaryl/α,β-unsaturated/α-hetero) is 2. The highest BCUT2D eigenvalue weighted by Crippen LogP contribution is 2.53. The first-order valence-corrected chi connectivity index (χ1v) is 12.7. The number of carbonyl (C=O) groups excluding carboxylic acids is 3. The molecule has 0 heterocycles. The van der Waals surface area contributed by atoms with Gasteiger partial charge in [0.1, 0.15) is 22.8 Å². The monoisotopic (exact) mass is 533 g/mol. The molecule has 0 saturated heterocycles. The molecule has 3 aliphatic carbocycles. The van der Waals surface area contributed by atoms with Gasteiger partial charge in [0.15, 0.2) is 11.4 Å². The minimum absolute atomic E-state index is 0.0878. The number of nitrogens with two attached hydrogens (primary N) is 1. The summed E-state index contributed by atoms with van der Waals surface area (Å²) < 4.78 is 0. The number of rotatable bonds is 6. The van der Waals surface area contributed by atoms with E-state index < -0.39 is 52.0 Å². The highest BCUT2D eigenvalue weighted by Gasteiger charge is 2.60. The number of nitrogens with one attached hydrogen (secondary N) is 1. The summed E-state index contributed by atoms with van der Waals surface area (Å²) in [5.41, 5.74) is 4.74. The number of nitrogens with zero attached hydrogens (tertiary/aromatic N) is 1. The van der Waals surface area contributed by atoms with Crippen LogP contribution >= 0.6 is 0 Å². The molecule has 3 atom stereocenters. The average molecular weight is 534 g/mol. The number of carbonyl (C=O) groups is 3. The van der Waals surface area contributed by atoms with Gasteiger partial charge in [-0.2, -0.15) is 0 Å². The van der Waals surface area contributed by atoms with E-state index in [-0.39, 0.29) is 42.7 Å². The van der Waals surface area contributed by atoms with Crippen LogP contribution in [0.1, 0.15) is 35.1 Å². The smallest absolute Gasteiger partial charge is 0.255 e. The predicted octanol–water partition coefficient (Wildman–Crippen LogP) is 1.78. The van der Waals surface area contributed by atoms with Crippen LogP contribution in [0.2, 0.25) is 0 Å². The predicted molar refractivity (Wildman–Crippen MR) is 143 cm³/mol. The number of fused-ring (bicyclic) bond motifs is 3. The van der Waals surface area contributed by atoms with Gasteiger partial charge in [0.05, 0.1) is 5.56 Å². The topological polar surface area (TPSA) is 173 Å². The van der Waals surface area contributed by atoms with Gasteiger partial charge in [-0.15, -0.1) is 0 Å². The third-order valence-electron chi connectivity index (χ3n) is 8.09. The number of anilines is 1. The first-order chi connectivity index (χ1) is 18.5. The number of phenols is 1. The molecule has 5 rings (SSSR count). The summed E-state index contributed by atoms with van der Waals surface area (Å²) in [6, 6.07) is 11.6. The summed E-state index contributed by atoms with van der Waals surface area (Å²) in [6.45, 7) is 0.817. The molecule has 3 aliphatic rings. The lowest BCUT2D eigenvalue weighted by molar-refractivity contribution is -0.147. The van der Waals surface area contributed by atoms with E-state index in [1.165, 1.54) is 0 Å². The Morgan fingerprint density at radius 2 is 1.79 bits per heavy atom. The van der Waals surface area contributed by atoms with Crippen molar-refractivity contribution in [2.24, 2.45) is 17.6 Å². The largest absolute Gasteiger partial charge is 0.508 e. The highest BCUT2D eigenvalue weighted by molar-refractivity contribution is 6.22. The first-order valence-electron chi connectivity index (χ1n) is 12.7. The molecule has 1 fully saturated rings. The zero-order valence-corrected chi connectivity index (χ0v) is 21.7. The number of hydrogen-bond acceptors (Lipinski definition) is 9. The summed E-state index contributed by atoms with van der Waals surface area (Å²) >= 11 is 0. The van der Waals surface area contributed by atoms with Crippen LogP contribution in [0.5, 0.6) is 5.75 Å². The molecule has 0 spiro atoms. The maximum absolute atomic E-state index is 13.7. The zero-order chi connectivity index (χ0) is 28.2. The Bertz CT molecular complexity index is 1460. The van der Waals surface area contributed by atoms with Crippen LogP contribution in [0, 0.1) is 11.8 Å². The molecule has 0 aliphatic heterocycles. The van der Waals surface area contributed by atoms with Crippen LogP contribution in [0.4, 0.5) is 5.69 Å². The van der Waals surface area contributed by atoms with Gasteiger partial charge in [0, 0.05) is 56.3 Å². The fraction of sp³-hybridized carbons (Fsp3) is 0.345. The zero-order valence-electron chi connectivity index (χ0n) is 21.7. The minimum Gasteiger partial charge on any atom is -0.508 e. The number of primary amides is 1. The van der Waals surface area contributed by atoms with E-state index in [2.05, 4.69) is 5.32 Å². The van der Waals surface area contributed by atoms with Crippen molar-refractivity contribution in [2.75, 3.05) is 19.0 Å². The third kappa shape index (κ3) is 4.07. The molecule has 10 nitrogen and oxygen atoms in total. The Balaban J connectivity index is 1.59. The molecule has 2 aromatic carbocycles. The van der Waals surface area contributed by atoms with E-state index >= 15 is 0 Å². The van der Waals surface area contributed by atoms with Gasteiger partial charge < -0.3 is 36.4 Å². The van der Waals surface area contributed by atoms with Crippen LogP contribution < -0.4 is 16.0 Å². The number of amides is 1. The Kier molecular flexibility index (Phi) is 6.48. The van der Waals surface area contributed by atoms with E-state index in [0.717, 1.165) is 11.3 Å². The van der Waals surface area contributed by atoms with E-state index in [1.54, 1.807) is 0 Å². The van der Waals surface area contributed by atoms with Gasteiger partial charge in [-0.3, -0.25) is 14.4 Å². The Hall–Kier alpha value is -4.15. The second kappa shape index (κ2) is 9.55. The van der Waals surface area contributed by atoms with E-state index in [1.807, 2.05) is 55.4 Å². The maximum Gasteiger partial charge on any atom is 0.255 e. The Morgan fingerprint density at radius 1 is 1.10 bits per heavy atom. The summed E-state index contributed by atoms with van der Waals surface area (Å²) in [5, 5.41) is 48.2. The van der Waals surface area contributed by atoms with Crippen LogP contribution in [0.25, 0.3) is 5.76 Å². The van der Waals surface area contributed by atoms with Crippen molar-refractivity contribution in [3.63, 3.8) is 0 Å². The van der Waals surface area contributed by atoms with Crippen LogP contribution in [-0.2, 0) is 33.9 Å². The molecule has 0 bridgehead atoms. The summed E-state index contributed by atoms with van der Waals surface area (Å²) in [7, 11) is 3.67. The number of phenolic OH excluding ortho intramolecular Hbond substituents is 1. The van der Waals surface area contributed by atoms with Crippen molar-refractivity contribution in [3.8, 4) is 5.75 Å². The number of benzene rings is 2. The number of ketones is 2. The number of hydrogen-bond donors (Lipinski definition) is 6. The number of aromatic hydroxyl groups is 1. The number of aliphatic hydroxyl groups excluding tert-OH is 2. The van der Waals surface area contributed by atoms with Crippen molar-refractivity contribution in [3.05, 3.63) is 75.6 Å². The molecular formula is C29H31N3O7. The molecule has 2 unspecified atom stereocenters. The molecule has 0 radical (unpaired) electrons. The average Bonchev–Trinajstić information content (AvgIpc) is 2.87. The summed E-state index contributed by atoms with van der Waals surface area (Å²) in [6.07, 6.45) is 0.00387. The molecule has 10 heteroatoms. The molecule has 0 aromatic heterocycles. The minimum atomic E-state index is -2.58. The molecular weight excluding hydrogens is 502 g/mol. The maximum atomic E-state index is 13.7. The lowest BCUT2D eigenvalue weighted by Crippen LogP contribution is -2.58. The van der Waals surface area contributed by atoms with Crippen molar-refractivity contribution in [1.82, 2.24) is 5.32 Å². The fourth-order valence-corrected chi connectivity index (χ4v) is 6.19. The van der Waals surface area contributed by atoms with Gasteiger partial charge in [0.25, 0.3) is 5.91 Å². The van der Waals surface area contributed by atoms with Crippen molar-refractivity contribution in [2.45, 2.75) is 38.0 Å². The van der Waals surface area contributed by atoms with Gasteiger partial charge >= 0.3 is 0 Å². The third-order valence-corrected chi connectivity index (χ3v) is 8.09. The highest BCUT2D eigenvalue weighted by atomic mass is 16.3. The molecule has 1 amide bonds. The van der Waals surface area contributed by atoms with Crippen molar-refractivity contribution >= 4 is 28.9 Å². The normalized spacial score (nSPS) is 24.3. The molecule has 204 valence electrons. The van der Waals surface area contributed by atoms with Gasteiger partial charge in [-0.1, -0.05) is 30.3 Å². The van der Waals surface area contributed by atoms with Gasteiger partial charge in [0.2, 0.25) is 5.78 Å². The van der Waals surface area contributed by atoms with Crippen LogP contribution in [0.15, 0.2) is 53.3 Å².